The number of fused-ring (bicyclic) bond motifs is 1. The normalized spacial score (nSPS) is 28.9. The molecule has 1 aliphatic carbocycles. The molecule has 3 unspecified atom stereocenters. The maximum atomic E-state index is 9.86. The molecule has 0 radical (unpaired) electrons. The molecule has 1 saturated carbocycles. The number of thiophene rings is 1. The van der Waals surface area contributed by atoms with Crippen LogP contribution < -0.4 is 0 Å². The third-order valence-corrected chi connectivity index (χ3v) is 6.58. The summed E-state index contributed by atoms with van der Waals surface area (Å²) in [5, 5.41) is 37.8. The number of rotatable bonds is 1. The number of hydrogen-bond acceptors (Lipinski definition) is 6. The zero-order valence-electron chi connectivity index (χ0n) is 13.0. The Morgan fingerprint density at radius 2 is 2.04 bits per heavy atom. The van der Waals surface area contributed by atoms with Gasteiger partial charge in [-0.1, -0.05) is 6.08 Å². The quantitative estimate of drug-likeness (QED) is 0.732. The fourth-order valence-electron chi connectivity index (χ4n) is 3.75. The molecule has 2 aliphatic rings. The summed E-state index contributed by atoms with van der Waals surface area (Å²) >= 11 is 4.93. The maximum Gasteiger partial charge on any atom is 0.190 e. The van der Waals surface area contributed by atoms with E-state index in [0.717, 1.165) is 14.2 Å². The van der Waals surface area contributed by atoms with Crippen molar-refractivity contribution in [2.24, 2.45) is 17.3 Å². The van der Waals surface area contributed by atoms with Crippen molar-refractivity contribution in [3.8, 4) is 18.2 Å². The molecule has 1 fully saturated rings. The van der Waals surface area contributed by atoms with Crippen LogP contribution in [-0.2, 0) is 0 Å². The van der Waals surface area contributed by atoms with Crippen LogP contribution in [0.25, 0.3) is 0 Å². The molecule has 1 aromatic heterocycles. The third kappa shape index (κ3) is 2.31. The average molecular weight is 400 g/mol. The molecule has 0 bridgehead atoms. The summed E-state index contributed by atoms with van der Waals surface area (Å²) in [5.41, 5.74) is -0.807. The fourth-order valence-corrected chi connectivity index (χ4v) is 5.41. The van der Waals surface area contributed by atoms with Crippen LogP contribution in [0.2, 0.25) is 0 Å². The van der Waals surface area contributed by atoms with Gasteiger partial charge in [-0.3, -0.25) is 0 Å². The van der Waals surface area contributed by atoms with Crippen molar-refractivity contribution in [2.75, 3.05) is 20.1 Å². The van der Waals surface area contributed by atoms with E-state index < -0.39 is 17.3 Å². The minimum Gasteiger partial charge on any atom is -0.305 e. The first kappa shape index (κ1) is 16.9. The second kappa shape index (κ2) is 6.15. The molecule has 3 atom stereocenters. The lowest BCUT2D eigenvalue weighted by atomic mass is 9.55. The zero-order chi connectivity index (χ0) is 17.5. The number of halogens is 1. The van der Waals surface area contributed by atoms with Crippen LogP contribution in [0.5, 0.6) is 0 Å². The summed E-state index contributed by atoms with van der Waals surface area (Å²) in [6, 6.07) is 10.2. The van der Waals surface area contributed by atoms with E-state index in [1.54, 1.807) is 0 Å². The lowest BCUT2D eigenvalue weighted by molar-refractivity contribution is 0.237. The van der Waals surface area contributed by atoms with Crippen LogP contribution in [0.1, 0.15) is 10.8 Å². The number of nitriles is 3. The standard InChI is InChI=1S/C17H14BrN5S/c1-23-5-4-10-11(6-19)16(22)17(8-20,9-21)15(12(10)7-23)13-2-3-14(18)24-13/h2-4,11-12,15,22H,5,7H2,1H3. The molecule has 0 saturated heterocycles. The monoisotopic (exact) mass is 399 g/mol. The molecule has 1 N–H and O–H groups in total. The Hall–Kier alpha value is -1.98. The van der Waals surface area contributed by atoms with Gasteiger partial charge in [0.1, 0.15) is 5.92 Å². The Kier molecular flexibility index (Phi) is 4.32. The summed E-state index contributed by atoms with van der Waals surface area (Å²) in [4.78, 5) is 3.02. The van der Waals surface area contributed by atoms with Gasteiger partial charge in [0.2, 0.25) is 0 Å². The van der Waals surface area contributed by atoms with Crippen LogP contribution in [0.4, 0.5) is 0 Å². The summed E-state index contributed by atoms with van der Waals surface area (Å²) in [7, 11) is 1.98. The molecule has 24 heavy (non-hydrogen) atoms. The highest BCUT2D eigenvalue weighted by Gasteiger charge is 2.58. The molecule has 0 spiro atoms. The summed E-state index contributed by atoms with van der Waals surface area (Å²) < 4.78 is 0.922. The topological polar surface area (TPSA) is 98.5 Å². The molecule has 0 aromatic carbocycles. The highest BCUT2D eigenvalue weighted by molar-refractivity contribution is 9.11. The van der Waals surface area contributed by atoms with Gasteiger partial charge < -0.3 is 10.3 Å². The smallest absolute Gasteiger partial charge is 0.190 e. The Bertz CT molecular complexity index is 836. The van der Waals surface area contributed by atoms with Crippen molar-refractivity contribution in [3.63, 3.8) is 0 Å². The Balaban J connectivity index is 2.26. The second-order valence-corrected chi connectivity index (χ2v) is 8.65. The van der Waals surface area contributed by atoms with E-state index in [1.807, 2.05) is 25.3 Å². The van der Waals surface area contributed by atoms with E-state index >= 15 is 0 Å². The Morgan fingerprint density at radius 3 is 2.58 bits per heavy atom. The van der Waals surface area contributed by atoms with Crippen molar-refractivity contribution < 1.29 is 0 Å². The van der Waals surface area contributed by atoms with Crippen molar-refractivity contribution in [1.29, 1.82) is 21.2 Å². The van der Waals surface area contributed by atoms with Crippen LogP contribution in [0, 0.1) is 56.7 Å². The van der Waals surface area contributed by atoms with Crippen LogP contribution in [0.15, 0.2) is 27.6 Å². The van der Waals surface area contributed by atoms with Gasteiger partial charge in [-0.2, -0.15) is 15.8 Å². The third-order valence-electron chi connectivity index (χ3n) is 4.87. The Morgan fingerprint density at radius 1 is 1.33 bits per heavy atom. The van der Waals surface area contributed by atoms with E-state index in [4.69, 9.17) is 5.41 Å². The van der Waals surface area contributed by atoms with Crippen molar-refractivity contribution in [2.45, 2.75) is 5.92 Å². The first-order valence-electron chi connectivity index (χ1n) is 7.43. The molecular weight excluding hydrogens is 386 g/mol. The average Bonchev–Trinajstić information content (AvgIpc) is 3.00. The molecule has 120 valence electrons. The van der Waals surface area contributed by atoms with Crippen LogP contribution in [-0.4, -0.2) is 30.7 Å². The van der Waals surface area contributed by atoms with E-state index in [1.165, 1.54) is 11.3 Å². The lowest BCUT2D eigenvalue weighted by Gasteiger charge is -2.46. The first-order chi connectivity index (χ1) is 11.5. The molecule has 0 amide bonds. The summed E-state index contributed by atoms with van der Waals surface area (Å²) in [6.07, 6.45) is 1.99. The number of hydrogen-bond donors (Lipinski definition) is 1. The maximum absolute atomic E-state index is 9.86. The predicted octanol–water partition coefficient (Wildman–Crippen LogP) is 3.29. The van der Waals surface area contributed by atoms with Crippen molar-refractivity contribution >= 4 is 33.0 Å². The number of nitrogens with zero attached hydrogens (tertiary/aromatic N) is 4. The minimum atomic E-state index is -1.61. The Labute approximate surface area is 153 Å². The number of nitrogens with one attached hydrogen (secondary N) is 1. The highest BCUT2D eigenvalue weighted by Crippen LogP contribution is 2.54. The fraction of sp³-hybridized carbons (Fsp3) is 0.412. The van der Waals surface area contributed by atoms with E-state index in [-0.39, 0.29) is 11.6 Å². The molecular formula is C17H14BrN5S. The van der Waals surface area contributed by atoms with Gasteiger partial charge in [0.15, 0.2) is 5.41 Å². The summed E-state index contributed by atoms with van der Waals surface area (Å²) in [5.74, 6) is -1.34. The van der Waals surface area contributed by atoms with E-state index in [9.17, 15) is 15.8 Å². The molecule has 1 aromatic rings. The largest absolute Gasteiger partial charge is 0.305 e. The minimum absolute atomic E-state index is 0.0865. The molecule has 3 rings (SSSR count). The summed E-state index contributed by atoms with van der Waals surface area (Å²) in [6.45, 7) is 1.38. The molecule has 2 heterocycles. The molecule has 7 heteroatoms. The SMILES string of the molecule is CN1CC=C2C(C#N)C(=N)C(C#N)(C#N)C(c3ccc(Br)s3)C2C1. The van der Waals surface area contributed by atoms with Gasteiger partial charge in [-0.05, 0) is 40.7 Å². The van der Waals surface area contributed by atoms with Gasteiger partial charge in [-0.15, -0.1) is 11.3 Å². The highest BCUT2D eigenvalue weighted by atomic mass is 79.9. The van der Waals surface area contributed by atoms with Gasteiger partial charge in [0.25, 0.3) is 0 Å². The lowest BCUT2D eigenvalue weighted by Crippen LogP contribution is -2.52. The molecule has 1 aliphatic heterocycles. The van der Waals surface area contributed by atoms with E-state index in [0.29, 0.717) is 13.1 Å². The number of likely N-dealkylation sites (N-methyl/N-ethyl adjacent to an activating group) is 1. The van der Waals surface area contributed by atoms with Gasteiger partial charge in [-0.25, -0.2) is 0 Å². The van der Waals surface area contributed by atoms with E-state index in [2.05, 4.69) is 39.0 Å². The van der Waals surface area contributed by atoms with Gasteiger partial charge in [0, 0.05) is 29.8 Å². The second-order valence-electron chi connectivity index (χ2n) is 6.16. The molecule has 5 nitrogen and oxygen atoms in total. The zero-order valence-corrected chi connectivity index (χ0v) is 15.4. The van der Waals surface area contributed by atoms with Crippen molar-refractivity contribution in [3.05, 3.63) is 32.4 Å². The van der Waals surface area contributed by atoms with Gasteiger partial charge >= 0.3 is 0 Å². The van der Waals surface area contributed by atoms with Crippen LogP contribution >= 0.6 is 27.3 Å². The van der Waals surface area contributed by atoms with Crippen molar-refractivity contribution in [1.82, 2.24) is 4.90 Å². The van der Waals surface area contributed by atoms with Crippen LogP contribution in [0.3, 0.4) is 0 Å². The predicted molar refractivity (Wildman–Crippen MR) is 94.3 cm³/mol. The first-order valence-corrected chi connectivity index (χ1v) is 9.04. The van der Waals surface area contributed by atoms with Gasteiger partial charge in [0.05, 0.1) is 27.7 Å².